The number of carbonyl (C=O) groups is 1. The summed E-state index contributed by atoms with van der Waals surface area (Å²) in [6.07, 6.45) is 2.61. The molecule has 1 N–H and O–H groups in total. The Morgan fingerprint density at radius 2 is 1.95 bits per heavy atom. The number of rotatable bonds is 5. The molecule has 0 atom stereocenters. The van der Waals surface area contributed by atoms with E-state index in [9.17, 15) is 9.90 Å². The molecular formula is C16H20N2O2. The van der Waals surface area contributed by atoms with Gasteiger partial charge in [0.25, 0.3) is 0 Å². The summed E-state index contributed by atoms with van der Waals surface area (Å²) < 4.78 is 1.73. The number of carboxylic acids is 1. The van der Waals surface area contributed by atoms with E-state index in [-0.39, 0.29) is 5.56 Å². The maximum Gasteiger partial charge on any atom is 0.339 e. The third kappa shape index (κ3) is 3.26. The topological polar surface area (TPSA) is 55.1 Å². The number of benzene rings is 1. The van der Waals surface area contributed by atoms with Gasteiger partial charge in [-0.15, -0.1) is 0 Å². The van der Waals surface area contributed by atoms with E-state index in [0.29, 0.717) is 11.6 Å². The largest absolute Gasteiger partial charge is 0.478 e. The predicted molar refractivity (Wildman–Crippen MR) is 78.8 cm³/mol. The molecule has 4 heteroatoms. The highest BCUT2D eigenvalue weighted by Gasteiger charge is 2.17. The molecule has 0 saturated carbocycles. The van der Waals surface area contributed by atoms with Crippen LogP contribution in [0.15, 0.2) is 30.5 Å². The van der Waals surface area contributed by atoms with E-state index < -0.39 is 5.97 Å². The lowest BCUT2D eigenvalue weighted by Gasteiger charge is -2.04. The van der Waals surface area contributed by atoms with Gasteiger partial charge in [-0.2, -0.15) is 5.10 Å². The average Bonchev–Trinajstić information content (AvgIpc) is 2.81. The van der Waals surface area contributed by atoms with Crippen molar-refractivity contribution >= 4 is 5.97 Å². The van der Waals surface area contributed by atoms with Gasteiger partial charge in [-0.3, -0.25) is 4.68 Å². The Balaban J connectivity index is 2.35. The molecular weight excluding hydrogens is 252 g/mol. The summed E-state index contributed by atoms with van der Waals surface area (Å²) in [7, 11) is 0. The van der Waals surface area contributed by atoms with Crippen LogP contribution in [-0.4, -0.2) is 20.9 Å². The Hall–Kier alpha value is -2.10. The second-order valence-electron chi connectivity index (χ2n) is 5.51. The lowest BCUT2D eigenvalue weighted by Crippen LogP contribution is -2.02. The minimum atomic E-state index is -0.934. The van der Waals surface area contributed by atoms with Gasteiger partial charge in [-0.1, -0.05) is 43.7 Å². The third-order valence-electron chi connectivity index (χ3n) is 3.25. The van der Waals surface area contributed by atoms with Crippen LogP contribution in [0.3, 0.4) is 0 Å². The zero-order valence-corrected chi connectivity index (χ0v) is 12.1. The Morgan fingerprint density at radius 3 is 2.50 bits per heavy atom. The second-order valence-corrected chi connectivity index (χ2v) is 5.51. The maximum atomic E-state index is 11.4. The first-order valence-electron chi connectivity index (χ1n) is 6.85. The van der Waals surface area contributed by atoms with Crippen molar-refractivity contribution in [3.05, 3.63) is 41.6 Å². The SMILES string of the molecule is Cc1ccc(-c2nn(CCC(C)C)cc2C(=O)O)cc1. The van der Waals surface area contributed by atoms with Crippen molar-refractivity contribution < 1.29 is 9.90 Å². The van der Waals surface area contributed by atoms with Gasteiger partial charge in [0.1, 0.15) is 11.3 Å². The van der Waals surface area contributed by atoms with Crippen molar-refractivity contribution in [2.75, 3.05) is 0 Å². The molecule has 106 valence electrons. The molecule has 0 saturated heterocycles. The summed E-state index contributed by atoms with van der Waals surface area (Å²) in [5, 5.41) is 13.8. The Labute approximate surface area is 119 Å². The molecule has 0 aliphatic carbocycles. The number of aromatic nitrogens is 2. The third-order valence-corrected chi connectivity index (χ3v) is 3.25. The van der Waals surface area contributed by atoms with Crippen LogP contribution in [0.2, 0.25) is 0 Å². The molecule has 2 aromatic rings. The number of hydrogen-bond donors (Lipinski definition) is 1. The van der Waals surface area contributed by atoms with Gasteiger partial charge in [0.05, 0.1) is 0 Å². The van der Waals surface area contributed by atoms with E-state index in [0.717, 1.165) is 24.1 Å². The Kier molecular flexibility index (Phi) is 4.23. The van der Waals surface area contributed by atoms with Crippen LogP contribution in [0.5, 0.6) is 0 Å². The normalized spacial score (nSPS) is 11.0. The number of aromatic carboxylic acids is 1. The van der Waals surface area contributed by atoms with Crippen molar-refractivity contribution in [2.24, 2.45) is 5.92 Å². The lowest BCUT2D eigenvalue weighted by atomic mass is 10.1. The van der Waals surface area contributed by atoms with Crippen LogP contribution < -0.4 is 0 Å². The molecule has 0 radical (unpaired) electrons. The maximum absolute atomic E-state index is 11.4. The van der Waals surface area contributed by atoms with E-state index in [1.807, 2.05) is 31.2 Å². The van der Waals surface area contributed by atoms with Crippen LogP contribution in [0.4, 0.5) is 0 Å². The van der Waals surface area contributed by atoms with E-state index in [1.165, 1.54) is 0 Å². The Bertz CT molecular complexity index is 597. The fourth-order valence-electron chi connectivity index (χ4n) is 2.01. The van der Waals surface area contributed by atoms with E-state index in [2.05, 4.69) is 18.9 Å². The first-order chi connectivity index (χ1) is 9.47. The van der Waals surface area contributed by atoms with E-state index >= 15 is 0 Å². The van der Waals surface area contributed by atoms with Gasteiger partial charge >= 0.3 is 5.97 Å². The van der Waals surface area contributed by atoms with Gasteiger partial charge in [0.2, 0.25) is 0 Å². The van der Waals surface area contributed by atoms with Crippen molar-refractivity contribution in [3.8, 4) is 11.3 Å². The number of hydrogen-bond acceptors (Lipinski definition) is 2. The van der Waals surface area contributed by atoms with Crippen LogP contribution in [-0.2, 0) is 6.54 Å². The van der Waals surface area contributed by atoms with E-state index in [1.54, 1.807) is 10.9 Å². The van der Waals surface area contributed by atoms with Gasteiger partial charge in [0.15, 0.2) is 0 Å². The number of aryl methyl sites for hydroxylation is 2. The smallest absolute Gasteiger partial charge is 0.339 e. The monoisotopic (exact) mass is 272 g/mol. The molecule has 2 rings (SSSR count). The van der Waals surface area contributed by atoms with Crippen molar-refractivity contribution in [2.45, 2.75) is 33.7 Å². The minimum absolute atomic E-state index is 0.262. The fraction of sp³-hybridized carbons (Fsp3) is 0.375. The van der Waals surface area contributed by atoms with Crippen molar-refractivity contribution in [1.29, 1.82) is 0 Å². The molecule has 1 aromatic heterocycles. The summed E-state index contributed by atoms with van der Waals surface area (Å²) in [5.74, 6) is -0.369. The summed E-state index contributed by atoms with van der Waals surface area (Å²) in [5.41, 5.74) is 2.79. The summed E-state index contributed by atoms with van der Waals surface area (Å²) in [6, 6.07) is 7.76. The molecule has 1 aromatic carbocycles. The number of carboxylic acid groups (broad SMARTS) is 1. The molecule has 0 aliphatic heterocycles. The van der Waals surface area contributed by atoms with Crippen LogP contribution in [0, 0.1) is 12.8 Å². The Morgan fingerprint density at radius 1 is 1.30 bits per heavy atom. The first-order valence-corrected chi connectivity index (χ1v) is 6.85. The van der Waals surface area contributed by atoms with Gasteiger partial charge in [0, 0.05) is 18.3 Å². The van der Waals surface area contributed by atoms with Gasteiger partial charge in [-0.05, 0) is 19.3 Å². The molecule has 0 aliphatic rings. The standard InChI is InChI=1S/C16H20N2O2/c1-11(2)8-9-18-10-14(16(19)20)15(17-18)13-6-4-12(3)5-7-13/h4-7,10-11H,8-9H2,1-3H3,(H,19,20). The van der Waals surface area contributed by atoms with Gasteiger partial charge < -0.3 is 5.11 Å². The van der Waals surface area contributed by atoms with Crippen molar-refractivity contribution in [3.63, 3.8) is 0 Å². The fourth-order valence-corrected chi connectivity index (χ4v) is 2.01. The molecule has 1 heterocycles. The highest BCUT2D eigenvalue weighted by Crippen LogP contribution is 2.23. The van der Waals surface area contributed by atoms with Crippen LogP contribution >= 0.6 is 0 Å². The molecule has 0 bridgehead atoms. The lowest BCUT2D eigenvalue weighted by molar-refractivity contribution is 0.0697. The molecule has 0 fully saturated rings. The second kappa shape index (κ2) is 5.90. The summed E-state index contributed by atoms with van der Waals surface area (Å²) in [4.78, 5) is 11.4. The highest BCUT2D eigenvalue weighted by molar-refractivity contribution is 5.94. The zero-order valence-electron chi connectivity index (χ0n) is 12.1. The van der Waals surface area contributed by atoms with E-state index in [4.69, 9.17) is 0 Å². The molecule has 4 nitrogen and oxygen atoms in total. The van der Waals surface area contributed by atoms with Crippen molar-refractivity contribution in [1.82, 2.24) is 9.78 Å². The van der Waals surface area contributed by atoms with Crippen LogP contribution in [0.25, 0.3) is 11.3 Å². The minimum Gasteiger partial charge on any atom is -0.478 e. The summed E-state index contributed by atoms with van der Waals surface area (Å²) in [6.45, 7) is 7.03. The predicted octanol–water partition coefficient (Wildman–Crippen LogP) is 3.60. The molecule has 20 heavy (non-hydrogen) atoms. The molecule has 0 unspecified atom stereocenters. The van der Waals surface area contributed by atoms with Gasteiger partial charge in [-0.25, -0.2) is 4.79 Å². The first kappa shape index (κ1) is 14.3. The molecule has 0 amide bonds. The number of nitrogens with zero attached hydrogens (tertiary/aromatic N) is 2. The van der Waals surface area contributed by atoms with Crippen LogP contribution in [0.1, 0.15) is 36.2 Å². The molecule has 0 spiro atoms. The zero-order chi connectivity index (χ0) is 14.7. The average molecular weight is 272 g/mol. The summed E-state index contributed by atoms with van der Waals surface area (Å²) >= 11 is 0. The quantitative estimate of drug-likeness (QED) is 0.904. The highest BCUT2D eigenvalue weighted by atomic mass is 16.4.